The lowest BCUT2D eigenvalue weighted by Gasteiger charge is -2.02. The molecule has 0 atom stereocenters. The number of aryl methyl sites for hydroxylation is 1. The number of H-pyrrole nitrogens is 1. The summed E-state index contributed by atoms with van der Waals surface area (Å²) in [6.07, 6.45) is 1.91. The smallest absolute Gasteiger partial charge is 0.137 e. The van der Waals surface area contributed by atoms with Crippen LogP contribution in [0.4, 0.5) is 0 Å². The van der Waals surface area contributed by atoms with Crippen LogP contribution in [0.15, 0.2) is 48.7 Å². The van der Waals surface area contributed by atoms with Gasteiger partial charge < -0.3 is 4.98 Å². The minimum atomic E-state index is 0.944. The van der Waals surface area contributed by atoms with Gasteiger partial charge in [0, 0.05) is 17.1 Å². The van der Waals surface area contributed by atoms with Crippen molar-refractivity contribution in [3.63, 3.8) is 0 Å². The topological polar surface area (TPSA) is 28.7 Å². The quantitative estimate of drug-likeness (QED) is 0.651. The van der Waals surface area contributed by atoms with Gasteiger partial charge in [0.25, 0.3) is 0 Å². The van der Waals surface area contributed by atoms with E-state index >= 15 is 0 Å². The number of hydrogen-bond acceptors (Lipinski definition) is 1. The predicted octanol–water partition coefficient (Wildman–Crippen LogP) is 3.54. The molecule has 2 heteroatoms. The molecule has 3 aromatic rings. The fraction of sp³-hybridized carbons (Fsp3) is 0.0714. The highest BCUT2D eigenvalue weighted by Gasteiger charge is 2.01. The van der Waals surface area contributed by atoms with Gasteiger partial charge in [-0.25, -0.2) is 4.98 Å². The summed E-state index contributed by atoms with van der Waals surface area (Å²) in [6, 6.07) is 14.6. The summed E-state index contributed by atoms with van der Waals surface area (Å²) in [5, 5.41) is 1.15. The summed E-state index contributed by atoms with van der Waals surface area (Å²) in [5.41, 5.74) is 4.38. The summed E-state index contributed by atoms with van der Waals surface area (Å²) in [4.78, 5) is 7.72. The molecular formula is C14H12N2. The van der Waals surface area contributed by atoms with Crippen LogP contribution in [0.2, 0.25) is 0 Å². The number of nitrogens with one attached hydrogen (secondary N) is 1. The number of rotatable bonds is 1. The van der Waals surface area contributed by atoms with E-state index in [9.17, 15) is 0 Å². The number of fused-ring (bicyclic) bond motifs is 1. The zero-order valence-corrected chi connectivity index (χ0v) is 9.07. The third-order valence-electron chi connectivity index (χ3n) is 2.72. The molecule has 2 aromatic heterocycles. The van der Waals surface area contributed by atoms with Crippen molar-refractivity contribution in [1.29, 1.82) is 0 Å². The maximum absolute atomic E-state index is 4.59. The Morgan fingerprint density at radius 3 is 2.88 bits per heavy atom. The summed E-state index contributed by atoms with van der Waals surface area (Å²) >= 11 is 0. The molecule has 0 aliphatic heterocycles. The van der Waals surface area contributed by atoms with E-state index in [1.807, 2.05) is 12.3 Å². The molecule has 0 amide bonds. The first-order valence-corrected chi connectivity index (χ1v) is 5.34. The lowest BCUT2D eigenvalue weighted by molar-refractivity contribution is 1.32. The maximum Gasteiger partial charge on any atom is 0.137 e. The zero-order chi connectivity index (χ0) is 11.0. The second-order valence-corrected chi connectivity index (χ2v) is 3.98. The number of aromatic nitrogens is 2. The molecule has 2 heterocycles. The monoisotopic (exact) mass is 208 g/mol. The van der Waals surface area contributed by atoms with Crippen LogP contribution < -0.4 is 0 Å². The number of hydrogen-bond donors (Lipinski definition) is 1. The van der Waals surface area contributed by atoms with Crippen LogP contribution in [0.5, 0.6) is 0 Å². The molecule has 0 unspecified atom stereocenters. The highest BCUT2D eigenvalue weighted by atomic mass is 14.8. The van der Waals surface area contributed by atoms with E-state index in [4.69, 9.17) is 0 Å². The highest BCUT2D eigenvalue weighted by molar-refractivity contribution is 5.78. The molecule has 16 heavy (non-hydrogen) atoms. The molecule has 0 fully saturated rings. The van der Waals surface area contributed by atoms with Crippen molar-refractivity contribution >= 4 is 11.0 Å². The van der Waals surface area contributed by atoms with Crippen molar-refractivity contribution in [3.8, 4) is 11.3 Å². The Balaban J connectivity index is 2.18. The van der Waals surface area contributed by atoms with E-state index in [-0.39, 0.29) is 0 Å². The lowest BCUT2D eigenvalue weighted by atomic mass is 10.1. The molecule has 0 saturated heterocycles. The molecule has 0 bridgehead atoms. The Hall–Kier alpha value is -2.09. The van der Waals surface area contributed by atoms with Crippen molar-refractivity contribution in [2.75, 3.05) is 0 Å². The third-order valence-corrected chi connectivity index (χ3v) is 2.72. The van der Waals surface area contributed by atoms with Gasteiger partial charge in [0.15, 0.2) is 0 Å². The third kappa shape index (κ3) is 1.48. The van der Waals surface area contributed by atoms with E-state index in [0.717, 1.165) is 22.3 Å². The Bertz CT molecular complexity index is 638. The Morgan fingerprint density at radius 1 is 1.06 bits per heavy atom. The van der Waals surface area contributed by atoms with Crippen LogP contribution in [-0.2, 0) is 0 Å². The molecule has 2 nitrogen and oxygen atoms in total. The first kappa shape index (κ1) is 9.16. The van der Waals surface area contributed by atoms with Gasteiger partial charge in [0.1, 0.15) is 5.65 Å². The van der Waals surface area contributed by atoms with Gasteiger partial charge in [-0.05, 0) is 31.2 Å². The fourth-order valence-corrected chi connectivity index (χ4v) is 1.90. The Labute approximate surface area is 94.0 Å². The number of pyridine rings is 1. The van der Waals surface area contributed by atoms with Crippen molar-refractivity contribution < 1.29 is 0 Å². The average Bonchev–Trinajstić information content (AvgIpc) is 2.75. The molecule has 0 saturated carbocycles. The van der Waals surface area contributed by atoms with Gasteiger partial charge in [-0.2, -0.15) is 0 Å². The molecule has 1 N–H and O–H groups in total. The van der Waals surface area contributed by atoms with Gasteiger partial charge in [0.05, 0.1) is 5.69 Å². The van der Waals surface area contributed by atoms with Crippen LogP contribution in [0.1, 0.15) is 5.56 Å². The molecule has 78 valence electrons. The predicted molar refractivity (Wildman–Crippen MR) is 66.3 cm³/mol. The van der Waals surface area contributed by atoms with Gasteiger partial charge in [0.2, 0.25) is 0 Å². The summed E-state index contributed by atoms with van der Waals surface area (Å²) in [7, 11) is 0. The minimum Gasteiger partial charge on any atom is -0.346 e. The molecule has 3 rings (SSSR count). The molecule has 0 aliphatic carbocycles. The summed E-state index contributed by atoms with van der Waals surface area (Å²) < 4.78 is 0. The van der Waals surface area contributed by atoms with Crippen molar-refractivity contribution in [1.82, 2.24) is 9.97 Å². The summed E-state index contributed by atoms with van der Waals surface area (Å²) in [5.74, 6) is 0. The number of aromatic amines is 1. The van der Waals surface area contributed by atoms with E-state index in [1.165, 1.54) is 5.56 Å². The number of benzene rings is 1. The second-order valence-electron chi connectivity index (χ2n) is 3.98. The normalized spacial score (nSPS) is 10.8. The Morgan fingerprint density at radius 2 is 2.00 bits per heavy atom. The highest BCUT2D eigenvalue weighted by Crippen LogP contribution is 2.20. The van der Waals surface area contributed by atoms with Crippen LogP contribution in [-0.4, -0.2) is 9.97 Å². The molecule has 0 spiro atoms. The molecule has 0 aliphatic rings. The van der Waals surface area contributed by atoms with Crippen LogP contribution >= 0.6 is 0 Å². The van der Waals surface area contributed by atoms with Crippen LogP contribution in [0, 0.1) is 6.92 Å². The summed E-state index contributed by atoms with van der Waals surface area (Å²) in [6.45, 7) is 2.09. The van der Waals surface area contributed by atoms with E-state index in [0.29, 0.717) is 0 Å². The van der Waals surface area contributed by atoms with E-state index in [2.05, 4.69) is 53.3 Å². The van der Waals surface area contributed by atoms with Crippen molar-refractivity contribution in [3.05, 3.63) is 54.2 Å². The zero-order valence-electron chi connectivity index (χ0n) is 9.07. The van der Waals surface area contributed by atoms with E-state index < -0.39 is 0 Å². The van der Waals surface area contributed by atoms with E-state index in [1.54, 1.807) is 0 Å². The van der Waals surface area contributed by atoms with Crippen LogP contribution in [0.25, 0.3) is 22.3 Å². The first-order chi connectivity index (χ1) is 7.83. The van der Waals surface area contributed by atoms with Crippen LogP contribution in [0.3, 0.4) is 0 Å². The lowest BCUT2D eigenvalue weighted by Crippen LogP contribution is -1.84. The van der Waals surface area contributed by atoms with Crippen molar-refractivity contribution in [2.45, 2.75) is 6.92 Å². The SMILES string of the molecule is Cc1cccc(-c2ccc3cc[nH]c3n2)c1. The van der Waals surface area contributed by atoms with Gasteiger partial charge in [-0.3, -0.25) is 0 Å². The number of nitrogens with zero attached hydrogens (tertiary/aromatic N) is 1. The van der Waals surface area contributed by atoms with Gasteiger partial charge >= 0.3 is 0 Å². The second kappa shape index (κ2) is 3.49. The minimum absolute atomic E-state index is 0.944. The molecular weight excluding hydrogens is 196 g/mol. The Kier molecular flexibility index (Phi) is 2.00. The average molecular weight is 208 g/mol. The standard InChI is InChI=1S/C14H12N2/c1-10-3-2-4-12(9-10)13-6-5-11-7-8-15-14(11)16-13/h2-9H,1H3,(H,15,16). The fourth-order valence-electron chi connectivity index (χ4n) is 1.90. The first-order valence-electron chi connectivity index (χ1n) is 5.34. The largest absolute Gasteiger partial charge is 0.346 e. The van der Waals surface area contributed by atoms with Gasteiger partial charge in [-0.1, -0.05) is 23.8 Å². The van der Waals surface area contributed by atoms with Crippen molar-refractivity contribution in [2.24, 2.45) is 0 Å². The molecule has 1 aromatic carbocycles. The van der Waals surface area contributed by atoms with Gasteiger partial charge in [-0.15, -0.1) is 0 Å². The maximum atomic E-state index is 4.59. The molecule has 0 radical (unpaired) electrons.